The Hall–Kier alpha value is -1.94. The first-order valence-electron chi connectivity index (χ1n) is 38.9. The average Bonchev–Trinajstić information content (AvgIpc) is 1.44. The second-order valence-corrected chi connectivity index (χ2v) is 30.9. The highest BCUT2D eigenvalue weighted by Crippen LogP contribution is 2.45. The number of phosphoric ester groups is 2. The Kier molecular flexibility index (Phi) is 64.3. The van der Waals surface area contributed by atoms with Gasteiger partial charge in [0.15, 0.2) is 12.2 Å². The van der Waals surface area contributed by atoms with Gasteiger partial charge in [0.05, 0.1) is 26.4 Å². The summed E-state index contributed by atoms with van der Waals surface area (Å²) in [7, 11) is -9.91. The van der Waals surface area contributed by atoms with Crippen molar-refractivity contribution in [2.75, 3.05) is 39.6 Å². The number of hydrogen-bond acceptors (Lipinski definition) is 15. The zero-order chi connectivity index (χ0) is 69.4. The van der Waals surface area contributed by atoms with E-state index in [2.05, 4.69) is 48.5 Å². The highest BCUT2D eigenvalue weighted by atomic mass is 31.2. The summed E-state index contributed by atoms with van der Waals surface area (Å²) in [5, 5.41) is 10.6. The normalized spacial score (nSPS) is 14.7. The van der Waals surface area contributed by atoms with E-state index in [1.165, 1.54) is 186 Å². The molecule has 0 spiro atoms. The maximum Gasteiger partial charge on any atom is 0.472 e. The molecule has 0 heterocycles. The van der Waals surface area contributed by atoms with Gasteiger partial charge >= 0.3 is 39.5 Å². The zero-order valence-corrected chi connectivity index (χ0v) is 63.2. The lowest BCUT2D eigenvalue weighted by Gasteiger charge is -2.21. The number of aliphatic hydroxyl groups is 1. The Morgan fingerprint density at radius 1 is 0.309 bits per heavy atom. The Bertz CT molecular complexity index is 1840. The van der Waals surface area contributed by atoms with E-state index in [4.69, 9.17) is 37.0 Å². The Morgan fingerprint density at radius 3 is 0.809 bits per heavy atom. The van der Waals surface area contributed by atoms with Crippen LogP contribution in [0.25, 0.3) is 0 Å². The van der Waals surface area contributed by atoms with Crippen LogP contribution in [0.4, 0.5) is 0 Å². The molecular formula is C75H146O17P2. The maximum atomic E-state index is 13.1. The molecule has 19 heteroatoms. The zero-order valence-electron chi connectivity index (χ0n) is 61.4. The molecule has 0 saturated heterocycles. The van der Waals surface area contributed by atoms with Crippen molar-refractivity contribution in [3.05, 3.63) is 0 Å². The third kappa shape index (κ3) is 66.0. The van der Waals surface area contributed by atoms with Crippen LogP contribution in [-0.2, 0) is 65.4 Å². The number of aliphatic hydroxyl groups excluding tert-OH is 1. The fraction of sp³-hybridized carbons (Fsp3) is 0.947. The van der Waals surface area contributed by atoms with Gasteiger partial charge < -0.3 is 33.8 Å². The summed E-state index contributed by atoms with van der Waals surface area (Å²) in [5.41, 5.74) is 0. The van der Waals surface area contributed by atoms with Crippen molar-refractivity contribution in [2.24, 2.45) is 17.8 Å². The third-order valence-corrected chi connectivity index (χ3v) is 20.0. The number of carbonyl (C=O) groups is 4. The fourth-order valence-electron chi connectivity index (χ4n) is 11.4. The second kappa shape index (κ2) is 65.7. The molecule has 0 aliphatic heterocycles. The van der Waals surface area contributed by atoms with Gasteiger partial charge in [-0.3, -0.25) is 37.3 Å². The van der Waals surface area contributed by atoms with Crippen molar-refractivity contribution < 1.29 is 80.2 Å². The minimum atomic E-state index is -4.96. The van der Waals surface area contributed by atoms with E-state index in [-0.39, 0.29) is 25.7 Å². The van der Waals surface area contributed by atoms with Crippen LogP contribution in [0, 0.1) is 17.8 Å². The molecule has 94 heavy (non-hydrogen) atoms. The van der Waals surface area contributed by atoms with Gasteiger partial charge in [0.1, 0.15) is 19.3 Å². The summed E-state index contributed by atoms with van der Waals surface area (Å²) in [6.45, 7) is 11.9. The number of unbranched alkanes of at least 4 members (excludes halogenated alkanes) is 39. The van der Waals surface area contributed by atoms with Crippen molar-refractivity contribution in [3.63, 3.8) is 0 Å². The first-order chi connectivity index (χ1) is 45.3. The van der Waals surface area contributed by atoms with Crippen LogP contribution < -0.4 is 0 Å². The molecule has 17 nitrogen and oxygen atoms in total. The van der Waals surface area contributed by atoms with Gasteiger partial charge in [0, 0.05) is 25.7 Å². The van der Waals surface area contributed by atoms with E-state index in [1.54, 1.807) is 0 Å². The Morgan fingerprint density at radius 2 is 0.543 bits per heavy atom. The first kappa shape index (κ1) is 92.1. The number of ether oxygens (including phenoxy) is 4. The van der Waals surface area contributed by atoms with Gasteiger partial charge in [-0.1, -0.05) is 331 Å². The largest absolute Gasteiger partial charge is 0.472 e. The summed E-state index contributed by atoms with van der Waals surface area (Å²) >= 11 is 0. The molecule has 0 aliphatic carbocycles. The third-order valence-electron chi connectivity index (χ3n) is 18.1. The van der Waals surface area contributed by atoms with Crippen LogP contribution in [0.2, 0.25) is 0 Å². The van der Waals surface area contributed by atoms with Crippen molar-refractivity contribution in [1.29, 1.82) is 0 Å². The SMILES string of the molecule is CCCCCCCCCCCCCCCCC(=O)OC[C@H](COP(=O)(O)OC[C@@H](O)COP(=O)(O)OC[C@@H](COC(=O)CCCCCCCCCC(C)C)OC(=O)CCCCCCCCCCC(C)CC)OC(=O)CCCCCCCCCCCCCCCCC(C)CC. The van der Waals surface area contributed by atoms with Crippen LogP contribution >= 0.6 is 15.6 Å². The lowest BCUT2D eigenvalue weighted by Crippen LogP contribution is -2.30. The van der Waals surface area contributed by atoms with Crippen LogP contribution in [0.15, 0.2) is 0 Å². The number of carbonyl (C=O) groups excluding carboxylic acids is 4. The molecule has 0 radical (unpaired) electrons. The molecule has 558 valence electrons. The molecule has 0 rings (SSSR count). The smallest absolute Gasteiger partial charge is 0.462 e. The molecule has 0 bridgehead atoms. The highest BCUT2D eigenvalue weighted by molar-refractivity contribution is 7.47. The fourth-order valence-corrected chi connectivity index (χ4v) is 12.9. The Balaban J connectivity index is 5.25. The standard InChI is InChI=1S/C75H146O17P2/c1-8-11-12-13-14-15-16-17-21-24-27-35-42-49-56-72(77)85-62-70(91-74(79)58-51-44-36-28-25-22-19-18-20-23-26-33-40-47-54-67(6)9-2)64-89-93(81,82)87-60-69(76)61-88-94(83,84)90-65-71(63-86-73(78)57-50-43-38-31-32-39-46-53-66(4)5)92-75(80)59-52-45-37-30-29-34-41-48-55-68(7)10-3/h66-71,76H,8-65H2,1-7H3,(H,81,82)(H,83,84)/t67?,68?,69-,70-,71-/m1/s1. The lowest BCUT2D eigenvalue weighted by molar-refractivity contribution is -0.161. The Labute approximate surface area is 575 Å². The molecule has 0 fully saturated rings. The molecule has 0 aromatic heterocycles. The van der Waals surface area contributed by atoms with Gasteiger partial charge in [-0.15, -0.1) is 0 Å². The molecule has 0 aromatic carbocycles. The van der Waals surface area contributed by atoms with Crippen molar-refractivity contribution in [1.82, 2.24) is 0 Å². The number of esters is 4. The molecular weight excluding hydrogens is 1230 g/mol. The van der Waals surface area contributed by atoms with Gasteiger partial charge in [0.25, 0.3) is 0 Å². The van der Waals surface area contributed by atoms with E-state index >= 15 is 0 Å². The monoisotopic (exact) mass is 1380 g/mol. The molecule has 4 unspecified atom stereocenters. The summed E-state index contributed by atoms with van der Waals surface area (Å²) in [4.78, 5) is 72.8. The average molecular weight is 1380 g/mol. The summed E-state index contributed by atoms with van der Waals surface area (Å²) in [6, 6.07) is 0. The van der Waals surface area contributed by atoms with E-state index in [9.17, 15) is 43.2 Å². The number of rotatable bonds is 73. The van der Waals surface area contributed by atoms with Crippen LogP contribution in [0.1, 0.15) is 382 Å². The lowest BCUT2D eigenvalue weighted by atomic mass is 9.99. The first-order valence-corrected chi connectivity index (χ1v) is 41.9. The predicted molar refractivity (Wildman–Crippen MR) is 381 cm³/mol. The van der Waals surface area contributed by atoms with Crippen molar-refractivity contribution in [3.8, 4) is 0 Å². The summed E-state index contributed by atoms with van der Waals surface area (Å²) in [6.07, 6.45) is 51.3. The summed E-state index contributed by atoms with van der Waals surface area (Å²) in [5.74, 6) is 0.200. The molecule has 0 saturated carbocycles. The predicted octanol–water partition coefficient (Wildman–Crippen LogP) is 21.8. The van der Waals surface area contributed by atoms with Crippen LogP contribution in [0.3, 0.4) is 0 Å². The molecule has 0 aliphatic rings. The van der Waals surface area contributed by atoms with Gasteiger partial charge in [-0.25, -0.2) is 9.13 Å². The van der Waals surface area contributed by atoms with Crippen molar-refractivity contribution >= 4 is 39.5 Å². The van der Waals surface area contributed by atoms with E-state index in [0.717, 1.165) is 108 Å². The number of hydrogen-bond donors (Lipinski definition) is 3. The topological polar surface area (TPSA) is 237 Å². The maximum absolute atomic E-state index is 13.1. The van der Waals surface area contributed by atoms with E-state index in [1.807, 2.05) is 0 Å². The van der Waals surface area contributed by atoms with Gasteiger partial charge in [-0.05, 0) is 43.4 Å². The van der Waals surface area contributed by atoms with Crippen LogP contribution in [-0.4, -0.2) is 96.7 Å². The van der Waals surface area contributed by atoms with Gasteiger partial charge in [0.2, 0.25) is 0 Å². The molecule has 0 aromatic rings. The quantitative estimate of drug-likeness (QED) is 0.0222. The molecule has 0 amide bonds. The van der Waals surface area contributed by atoms with Crippen LogP contribution in [0.5, 0.6) is 0 Å². The highest BCUT2D eigenvalue weighted by Gasteiger charge is 2.30. The molecule has 3 N–H and O–H groups in total. The van der Waals surface area contributed by atoms with Crippen molar-refractivity contribution in [2.45, 2.75) is 401 Å². The molecule has 7 atom stereocenters. The minimum Gasteiger partial charge on any atom is -0.462 e. The van der Waals surface area contributed by atoms with E-state index in [0.29, 0.717) is 31.6 Å². The number of phosphoric acid groups is 2. The van der Waals surface area contributed by atoms with E-state index < -0.39 is 97.5 Å². The second-order valence-electron chi connectivity index (χ2n) is 28.0. The summed E-state index contributed by atoms with van der Waals surface area (Å²) < 4.78 is 68.5. The van der Waals surface area contributed by atoms with Gasteiger partial charge in [-0.2, -0.15) is 0 Å². The minimum absolute atomic E-state index is 0.104.